The average molecular weight is 334 g/mol. The van der Waals surface area contributed by atoms with Gasteiger partial charge in [-0.3, -0.25) is 9.69 Å². The number of hydrogen-bond acceptors (Lipinski definition) is 4. The molecule has 0 bridgehead atoms. The van der Waals surface area contributed by atoms with E-state index < -0.39 is 0 Å². The van der Waals surface area contributed by atoms with E-state index in [1.165, 1.54) is 44.1 Å². The van der Waals surface area contributed by atoms with Crippen LogP contribution in [0.1, 0.15) is 59.7 Å². The highest BCUT2D eigenvalue weighted by Gasteiger charge is 2.40. The molecule has 4 rings (SSSR count). The van der Waals surface area contributed by atoms with Crippen LogP contribution < -0.4 is 5.32 Å². The van der Waals surface area contributed by atoms with E-state index in [0.29, 0.717) is 5.92 Å². The monoisotopic (exact) mass is 334 g/mol. The van der Waals surface area contributed by atoms with Crippen LogP contribution in [0.25, 0.3) is 0 Å². The highest BCUT2D eigenvalue weighted by Crippen LogP contribution is 2.43. The zero-order chi connectivity index (χ0) is 15.7. The molecule has 0 aromatic carbocycles. The van der Waals surface area contributed by atoms with Crippen LogP contribution in [0, 0.1) is 0 Å². The topological polar surface area (TPSA) is 41.6 Å². The molecule has 126 valence electrons. The van der Waals surface area contributed by atoms with E-state index in [9.17, 15) is 4.79 Å². The van der Waals surface area contributed by atoms with E-state index in [-0.39, 0.29) is 11.4 Å². The third-order valence-corrected chi connectivity index (χ3v) is 6.64. The summed E-state index contributed by atoms with van der Waals surface area (Å²) in [5.41, 5.74) is 1.44. The number of rotatable bonds is 5. The maximum absolute atomic E-state index is 12.7. The van der Waals surface area contributed by atoms with E-state index in [1.807, 2.05) is 0 Å². The molecule has 0 atom stereocenters. The summed E-state index contributed by atoms with van der Waals surface area (Å²) in [5.74, 6) is 0.781. The van der Waals surface area contributed by atoms with E-state index in [2.05, 4.69) is 21.7 Å². The van der Waals surface area contributed by atoms with Crippen LogP contribution in [0.3, 0.4) is 0 Å². The third kappa shape index (κ3) is 3.19. The molecule has 1 aliphatic heterocycles. The van der Waals surface area contributed by atoms with Crippen LogP contribution in [0.5, 0.6) is 0 Å². The molecule has 5 heteroatoms. The number of nitrogens with zero attached hydrogens (tertiary/aromatic N) is 1. The first kappa shape index (κ1) is 15.6. The normalized spacial score (nSPS) is 24.7. The summed E-state index contributed by atoms with van der Waals surface area (Å²) >= 11 is 1.60. The van der Waals surface area contributed by atoms with Crippen LogP contribution in [0.2, 0.25) is 0 Å². The Labute approximate surface area is 142 Å². The second-order valence-electron chi connectivity index (χ2n) is 7.19. The summed E-state index contributed by atoms with van der Waals surface area (Å²) in [6.45, 7) is 4.44. The van der Waals surface area contributed by atoms with Crippen LogP contribution in [-0.2, 0) is 4.74 Å². The molecule has 2 aliphatic carbocycles. The van der Waals surface area contributed by atoms with Crippen molar-refractivity contribution in [2.75, 3.05) is 32.8 Å². The first-order valence-corrected chi connectivity index (χ1v) is 9.85. The molecule has 1 aromatic heterocycles. The van der Waals surface area contributed by atoms with Gasteiger partial charge in [-0.25, -0.2) is 0 Å². The molecule has 23 heavy (non-hydrogen) atoms. The highest BCUT2D eigenvalue weighted by atomic mass is 32.1. The quantitative estimate of drug-likeness (QED) is 0.900. The predicted octanol–water partition coefficient (Wildman–Crippen LogP) is 3.00. The van der Waals surface area contributed by atoms with Crippen molar-refractivity contribution < 1.29 is 9.53 Å². The average Bonchev–Trinajstić information content (AvgIpc) is 3.13. The molecular formula is C18H26N2O2S. The van der Waals surface area contributed by atoms with E-state index >= 15 is 0 Å². The van der Waals surface area contributed by atoms with Gasteiger partial charge in [-0.15, -0.1) is 11.3 Å². The largest absolute Gasteiger partial charge is 0.379 e. The summed E-state index contributed by atoms with van der Waals surface area (Å²) in [6, 6.07) is 2.14. The molecule has 2 heterocycles. The van der Waals surface area contributed by atoms with Crippen LogP contribution >= 0.6 is 11.3 Å². The second kappa shape index (κ2) is 6.54. The fourth-order valence-electron chi connectivity index (χ4n) is 4.22. The minimum absolute atomic E-state index is 0.140. The Balaban J connectivity index is 1.43. The lowest BCUT2D eigenvalue weighted by Crippen LogP contribution is -2.57. The maximum atomic E-state index is 12.7. The zero-order valence-electron chi connectivity index (χ0n) is 13.7. The molecule has 1 saturated heterocycles. The summed E-state index contributed by atoms with van der Waals surface area (Å²) in [5, 5.41) is 5.34. The van der Waals surface area contributed by atoms with Gasteiger partial charge in [0.05, 0.1) is 18.1 Å². The van der Waals surface area contributed by atoms with Gasteiger partial charge in [0.25, 0.3) is 5.91 Å². The van der Waals surface area contributed by atoms with Gasteiger partial charge in [0, 0.05) is 25.2 Å². The van der Waals surface area contributed by atoms with Crippen molar-refractivity contribution in [1.82, 2.24) is 10.2 Å². The number of ether oxygens (including phenoxy) is 1. The van der Waals surface area contributed by atoms with Crippen molar-refractivity contribution in [2.24, 2.45) is 0 Å². The van der Waals surface area contributed by atoms with E-state index in [0.717, 1.165) is 37.7 Å². The molecule has 3 aliphatic rings. The zero-order valence-corrected chi connectivity index (χ0v) is 14.5. The Kier molecular flexibility index (Phi) is 4.43. The lowest BCUT2D eigenvalue weighted by atomic mass is 9.94. The van der Waals surface area contributed by atoms with E-state index in [4.69, 9.17) is 4.74 Å². The third-order valence-electron chi connectivity index (χ3n) is 5.71. The molecule has 3 fully saturated rings. The van der Waals surface area contributed by atoms with E-state index in [1.54, 1.807) is 11.3 Å². The van der Waals surface area contributed by atoms with Gasteiger partial charge in [-0.1, -0.05) is 12.8 Å². The van der Waals surface area contributed by atoms with Crippen LogP contribution in [-0.4, -0.2) is 49.2 Å². The van der Waals surface area contributed by atoms with Crippen molar-refractivity contribution in [3.63, 3.8) is 0 Å². The van der Waals surface area contributed by atoms with Gasteiger partial charge in [-0.2, -0.15) is 0 Å². The summed E-state index contributed by atoms with van der Waals surface area (Å²) in [4.78, 5) is 16.2. The smallest absolute Gasteiger partial charge is 0.261 e. The predicted molar refractivity (Wildman–Crippen MR) is 92.2 cm³/mol. The van der Waals surface area contributed by atoms with Crippen LogP contribution in [0.15, 0.2) is 11.4 Å². The van der Waals surface area contributed by atoms with Gasteiger partial charge in [-0.05, 0) is 48.6 Å². The maximum Gasteiger partial charge on any atom is 0.261 e. The fourth-order valence-corrected chi connectivity index (χ4v) is 5.12. The Morgan fingerprint density at radius 2 is 2.04 bits per heavy atom. The first-order valence-electron chi connectivity index (χ1n) is 8.97. The number of carbonyl (C=O) groups is 1. The minimum Gasteiger partial charge on any atom is -0.379 e. The standard InChI is InChI=1S/C18H26N2O2S/c21-17(16-15(5-12-23-16)14-3-4-14)19-13-18(6-1-2-7-18)20-8-10-22-11-9-20/h5,12,14H,1-4,6-11,13H2,(H,19,21). The molecule has 1 aromatic rings. The summed E-state index contributed by atoms with van der Waals surface area (Å²) in [6.07, 6.45) is 7.45. The number of carbonyl (C=O) groups excluding carboxylic acids is 1. The molecule has 2 saturated carbocycles. The lowest BCUT2D eigenvalue weighted by Gasteiger charge is -2.43. The number of morpholine rings is 1. The first-order chi connectivity index (χ1) is 11.3. The van der Waals surface area contributed by atoms with Crippen molar-refractivity contribution in [3.05, 3.63) is 21.9 Å². The summed E-state index contributed by atoms with van der Waals surface area (Å²) < 4.78 is 5.51. The Bertz CT molecular complexity index is 555. The lowest BCUT2D eigenvalue weighted by molar-refractivity contribution is -0.0199. The number of hydrogen-bond donors (Lipinski definition) is 1. The number of thiophene rings is 1. The Morgan fingerprint density at radius 3 is 2.74 bits per heavy atom. The number of amides is 1. The Hall–Kier alpha value is -0.910. The molecular weight excluding hydrogens is 308 g/mol. The van der Waals surface area contributed by atoms with Gasteiger partial charge in [0.1, 0.15) is 0 Å². The molecule has 0 spiro atoms. The van der Waals surface area contributed by atoms with Gasteiger partial charge < -0.3 is 10.1 Å². The molecule has 1 amide bonds. The van der Waals surface area contributed by atoms with Gasteiger partial charge in [0.15, 0.2) is 0 Å². The van der Waals surface area contributed by atoms with Gasteiger partial charge in [0.2, 0.25) is 0 Å². The molecule has 0 unspecified atom stereocenters. The Morgan fingerprint density at radius 1 is 1.30 bits per heavy atom. The minimum atomic E-state index is 0.140. The molecule has 1 N–H and O–H groups in total. The molecule has 4 nitrogen and oxygen atoms in total. The van der Waals surface area contributed by atoms with Crippen molar-refractivity contribution >= 4 is 17.2 Å². The second-order valence-corrected chi connectivity index (χ2v) is 8.11. The van der Waals surface area contributed by atoms with Crippen molar-refractivity contribution in [1.29, 1.82) is 0 Å². The van der Waals surface area contributed by atoms with Crippen molar-refractivity contribution in [2.45, 2.75) is 50.0 Å². The number of nitrogens with one attached hydrogen (secondary N) is 1. The van der Waals surface area contributed by atoms with Crippen LogP contribution in [0.4, 0.5) is 0 Å². The highest BCUT2D eigenvalue weighted by molar-refractivity contribution is 7.12. The fraction of sp³-hybridized carbons (Fsp3) is 0.722. The van der Waals surface area contributed by atoms with Gasteiger partial charge >= 0.3 is 0 Å². The van der Waals surface area contributed by atoms with Crippen molar-refractivity contribution in [3.8, 4) is 0 Å². The summed E-state index contributed by atoms with van der Waals surface area (Å²) in [7, 11) is 0. The SMILES string of the molecule is O=C(NCC1(N2CCOCC2)CCCC1)c1sccc1C1CC1. The molecule has 0 radical (unpaired) electrons.